The number of rotatable bonds is 5. The summed E-state index contributed by atoms with van der Waals surface area (Å²) in [7, 11) is 0. The number of hydrogen-bond donors (Lipinski definition) is 1. The van der Waals surface area contributed by atoms with E-state index >= 15 is 0 Å². The summed E-state index contributed by atoms with van der Waals surface area (Å²) in [6.45, 7) is 8.59. The van der Waals surface area contributed by atoms with Gasteiger partial charge in [0.1, 0.15) is 0 Å². The molecule has 0 spiro atoms. The first kappa shape index (κ1) is 10.1. The van der Waals surface area contributed by atoms with Gasteiger partial charge in [-0.1, -0.05) is 20.8 Å². The zero-order valence-corrected chi connectivity index (χ0v) is 8.75. The second kappa shape index (κ2) is 4.90. The number of imidazole rings is 1. The predicted octanol–water partition coefficient (Wildman–Crippen LogP) is 2.36. The summed E-state index contributed by atoms with van der Waals surface area (Å²) in [5, 5.41) is 3.33. The molecule has 1 aromatic heterocycles. The van der Waals surface area contributed by atoms with Crippen molar-refractivity contribution in [1.82, 2.24) is 9.55 Å². The summed E-state index contributed by atoms with van der Waals surface area (Å²) in [4.78, 5) is 4.26. The van der Waals surface area contributed by atoms with Gasteiger partial charge in [0, 0.05) is 25.5 Å². The fourth-order valence-electron chi connectivity index (χ4n) is 1.19. The van der Waals surface area contributed by atoms with E-state index in [0.29, 0.717) is 5.92 Å². The first-order valence-corrected chi connectivity index (χ1v) is 4.99. The van der Waals surface area contributed by atoms with Gasteiger partial charge in [0.15, 0.2) is 0 Å². The molecule has 0 aliphatic heterocycles. The molecule has 3 heteroatoms. The number of nitrogens with zero attached hydrogens (tertiary/aromatic N) is 2. The topological polar surface area (TPSA) is 29.9 Å². The van der Waals surface area contributed by atoms with Gasteiger partial charge in [0.2, 0.25) is 5.95 Å². The summed E-state index contributed by atoms with van der Waals surface area (Å²) >= 11 is 0. The minimum Gasteiger partial charge on any atom is -0.355 e. The molecule has 74 valence electrons. The van der Waals surface area contributed by atoms with E-state index in [9.17, 15) is 0 Å². The highest BCUT2D eigenvalue weighted by atomic mass is 15.2. The molecular formula is C10H19N3. The fourth-order valence-corrected chi connectivity index (χ4v) is 1.19. The van der Waals surface area contributed by atoms with Crippen LogP contribution in [-0.4, -0.2) is 16.1 Å². The molecule has 0 radical (unpaired) electrons. The van der Waals surface area contributed by atoms with Crippen molar-refractivity contribution in [3.05, 3.63) is 12.4 Å². The van der Waals surface area contributed by atoms with E-state index in [1.807, 2.05) is 12.4 Å². The molecule has 0 aromatic carbocycles. The number of nitrogens with one attached hydrogen (secondary N) is 1. The van der Waals surface area contributed by atoms with Crippen LogP contribution in [0, 0.1) is 5.92 Å². The average Bonchev–Trinajstić information content (AvgIpc) is 2.49. The second-order valence-electron chi connectivity index (χ2n) is 3.72. The third-order valence-corrected chi connectivity index (χ3v) is 1.85. The minimum atomic E-state index is 0.659. The Bertz CT molecular complexity index is 240. The number of hydrogen-bond acceptors (Lipinski definition) is 2. The molecule has 0 unspecified atom stereocenters. The van der Waals surface area contributed by atoms with E-state index in [4.69, 9.17) is 0 Å². The van der Waals surface area contributed by atoms with Crippen molar-refractivity contribution in [1.29, 1.82) is 0 Å². The van der Waals surface area contributed by atoms with Crippen molar-refractivity contribution in [2.75, 3.05) is 11.9 Å². The molecule has 1 heterocycles. The third-order valence-electron chi connectivity index (χ3n) is 1.85. The standard InChI is InChI=1S/C10H19N3/c1-4-6-13-7-5-11-10(13)12-8-9(2)3/h5,7,9H,4,6,8H2,1-3H3,(H,11,12). The van der Waals surface area contributed by atoms with E-state index < -0.39 is 0 Å². The Morgan fingerprint density at radius 3 is 2.92 bits per heavy atom. The van der Waals surface area contributed by atoms with Crippen molar-refractivity contribution < 1.29 is 0 Å². The van der Waals surface area contributed by atoms with Crippen molar-refractivity contribution >= 4 is 5.95 Å². The van der Waals surface area contributed by atoms with Crippen LogP contribution >= 0.6 is 0 Å². The Hall–Kier alpha value is -0.990. The van der Waals surface area contributed by atoms with E-state index in [1.165, 1.54) is 0 Å². The molecule has 3 nitrogen and oxygen atoms in total. The Morgan fingerprint density at radius 2 is 2.31 bits per heavy atom. The second-order valence-corrected chi connectivity index (χ2v) is 3.72. The maximum absolute atomic E-state index is 4.26. The lowest BCUT2D eigenvalue weighted by Crippen LogP contribution is -2.12. The fraction of sp³-hybridized carbons (Fsp3) is 0.700. The van der Waals surface area contributed by atoms with Crippen LogP contribution in [0.3, 0.4) is 0 Å². The van der Waals surface area contributed by atoms with Gasteiger partial charge >= 0.3 is 0 Å². The molecular weight excluding hydrogens is 162 g/mol. The van der Waals surface area contributed by atoms with Crippen LogP contribution in [0.4, 0.5) is 5.95 Å². The molecule has 0 amide bonds. The average molecular weight is 181 g/mol. The van der Waals surface area contributed by atoms with Crippen LogP contribution in [0.25, 0.3) is 0 Å². The first-order valence-electron chi connectivity index (χ1n) is 4.99. The van der Waals surface area contributed by atoms with Gasteiger partial charge in [-0.25, -0.2) is 4.98 Å². The highest BCUT2D eigenvalue weighted by Gasteiger charge is 2.01. The van der Waals surface area contributed by atoms with Crippen molar-refractivity contribution in [2.24, 2.45) is 5.92 Å². The monoisotopic (exact) mass is 181 g/mol. The lowest BCUT2D eigenvalue weighted by atomic mass is 10.2. The summed E-state index contributed by atoms with van der Waals surface area (Å²) in [6, 6.07) is 0. The molecule has 0 aliphatic rings. The van der Waals surface area contributed by atoms with Crippen molar-refractivity contribution in [3.63, 3.8) is 0 Å². The van der Waals surface area contributed by atoms with Gasteiger partial charge in [0.05, 0.1) is 0 Å². The quantitative estimate of drug-likeness (QED) is 0.755. The Kier molecular flexibility index (Phi) is 3.80. The van der Waals surface area contributed by atoms with E-state index in [-0.39, 0.29) is 0 Å². The molecule has 0 aliphatic carbocycles. The van der Waals surface area contributed by atoms with Gasteiger partial charge in [-0.05, 0) is 12.3 Å². The summed E-state index contributed by atoms with van der Waals surface area (Å²) < 4.78 is 2.16. The number of anilines is 1. The number of aryl methyl sites for hydroxylation is 1. The van der Waals surface area contributed by atoms with Crippen LogP contribution in [-0.2, 0) is 6.54 Å². The van der Waals surface area contributed by atoms with E-state index in [1.54, 1.807) is 0 Å². The molecule has 1 aromatic rings. The SMILES string of the molecule is CCCn1ccnc1NCC(C)C. The lowest BCUT2D eigenvalue weighted by Gasteiger charge is -2.10. The largest absolute Gasteiger partial charge is 0.355 e. The summed E-state index contributed by atoms with van der Waals surface area (Å²) in [6.07, 6.45) is 5.01. The first-order chi connectivity index (χ1) is 6.24. The summed E-state index contributed by atoms with van der Waals surface area (Å²) in [5.74, 6) is 1.65. The van der Waals surface area contributed by atoms with Gasteiger partial charge in [-0.2, -0.15) is 0 Å². The Morgan fingerprint density at radius 1 is 1.54 bits per heavy atom. The highest BCUT2D eigenvalue weighted by Crippen LogP contribution is 2.05. The van der Waals surface area contributed by atoms with Crippen LogP contribution in [0.1, 0.15) is 27.2 Å². The zero-order valence-electron chi connectivity index (χ0n) is 8.75. The predicted molar refractivity (Wildman–Crippen MR) is 55.8 cm³/mol. The molecule has 0 saturated carbocycles. The van der Waals surface area contributed by atoms with Gasteiger partial charge in [0.25, 0.3) is 0 Å². The molecule has 0 bridgehead atoms. The van der Waals surface area contributed by atoms with Crippen LogP contribution in [0.2, 0.25) is 0 Å². The Labute approximate surface area is 80.2 Å². The minimum absolute atomic E-state index is 0.659. The van der Waals surface area contributed by atoms with Crippen molar-refractivity contribution in [2.45, 2.75) is 33.7 Å². The lowest BCUT2D eigenvalue weighted by molar-refractivity contribution is 0.654. The van der Waals surface area contributed by atoms with E-state index in [2.05, 4.69) is 35.6 Å². The number of aromatic nitrogens is 2. The van der Waals surface area contributed by atoms with Crippen LogP contribution < -0.4 is 5.32 Å². The Balaban J connectivity index is 2.49. The van der Waals surface area contributed by atoms with Crippen LogP contribution in [0.5, 0.6) is 0 Å². The van der Waals surface area contributed by atoms with E-state index in [0.717, 1.165) is 25.5 Å². The molecule has 0 saturated heterocycles. The third kappa shape index (κ3) is 3.09. The smallest absolute Gasteiger partial charge is 0.202 e. The molecule has 1 rings (SSSR count). The van der Waals surface area contributed by atoms with Crippen molar-refractivity contribution in [3.8, 4) is 0 Å². The van der Waals surface area contributed by atoms with Gasteiger partial charge in [-0.3, -0.25) is 0 Å². The molecule has 0 fully saturated rings. The molecule has 13 heavy (non-hydrogen) atoms. The summed E-state index contributed by atoms with van der Waals surface area (Å²) in [5.41, 5.74) is 0. The van der Waals surface area contributed by atoms with Crippen LogP contribution in [0.15, 0.2) is 12.4 Å². The molecule has 1 N–H and O–H groups in total. The maximum Gasteiger partial charge on any atom is 0.202 e. The maximum atomic E-state index is 4.26. The van der Waals surface area contributed by atoms with Gasteiger partial charge in [-0.15, -0.1) is 0 Å². The molecule has 0 atom stereocenters. The normalized spacial score (nSPS) is 10.8. The highest BCUT2D eigenvalue weighted by molar-refractivity contribution is 5.25. The van der Waals surface area contributed by atoms with Gasteiger partial charge < -0.3 is 9.88 Å². The zero-order chi connectivity index (χ0) is 9.68.